The van der Waals surface area contributed by atoms with E-state index in [0.29, 0.717) is 17.1 Å². The average molecular weight is 359 g/mol. The van der Waals surface area contributed by atoms with Gasteiger partial charge in [-0.1, -0.05) is 103 Å². The molecule has 0 aromatic heterocycles. The van der Waals surface area contributed by atoms with Gasteiger partial charge in [0.2, 0.25) is 0 Å². The molecule has 0 bridgehead atoms. The Balaban J connectivity index is 1.75. The minimum atomic E-state index is -0.468. The Bertz CT molecular complexity index is 847. The molecule has 0 heterocycles. The molecular formula is C23H21NOS. The smallest absolute Gasteiger partial charge is 0.177 e. The monoisotopic (exact) mass is 359 g/mol. The molecule has 3 aromatic carbocycles. The molecule has 0 fully saturated rings. The quantitative estimate of drug-likeness (QED) is 0.485. The Kier molecular flexibility index (Phi) is 6.29. The van der Waals surface area contributed by atoms with Gasteiger partial charge in [0.15, 0.2) is 5.78 Å². The molecular weight excluding hydrogens is 338 g/mol. The van der Waals surface area contributed by atoms with Gasteiger partial charge < -0.3 is 5.32 Å². The van der Waals surface area contributed by atoms with E-state index in [2.05, 4.69) is 17.4 Å². The summed E-state index contributed by atoms with van der Waals surface area (Å²) in [5.74, 6) is -0.446. The molecule has 0 aliphatic carbocycles. The summed E-state index contributed by atoms with van der Waals surface area (Å²) in [5, 5.41) is 3.29. The number of carbonyl (C=O) groups excluding carboxylic acids is 1. The van der Waals surface area contributed by atoms with Crippen LogP contribution in [0.3, 0.4) is 0 Å². The van der Waals surface area contributed by atoms with Crippen molar-refractivity contribution in [3.8, 4) is 0 Å². The fourth-order valence-corrected chi connectivity index (χ4v) is 3.26. The fourth-order valence-electron chi connectivity index (χ4n) is 2.91. The maximum atomic E-state index is 13.1. The van der Waals surface area contributed by atoms with Gasteiger partial charge in [-0.3, -0.25) is 4.79 Å². The molecule has 1 N–H and O–H groups in total. The Morgan fingerprint density at radius 2 is 1.35 bits per heavy atom. The van der Waals surface area contributed by atoms with Crippen LogP contribution in [0.15, 0.2) is 91.0 Å². The average Bonchev–Trinajstić information content (AvgIpc) is 2.70. The third kappa shape index (κ3) is 4.64. The summed E-state index contributed by atoms with van der Waals surface area (Å²) in [6.45, 7) is 0.703. The Morgan fingerprint density at radius 1 is 0.808 bits per heavy atom. The highest BCUT2D eigenvalue weighted by Gasteiger charge is 2.26. The van der Waals surface area contributed by atoms with Crippen molar-refractivity contribution < 1.29 is 4.79 Å². The van der Waals surface area contributed by atoms with Crippen LogP contribution in [0.5, 0.6) is 0 Å². The standard InChI is InChI=1S/C23H21NOS/c25-22(20-14-8-3-9-15-20)21(19-12-6-2-7-13-19)23(26)24-17-16-18-10-4-1-5-11-18/h1-15,21H,16-17H2,(H,24,26). The molecule has 1 unspecified atom stereocenters. The van der Waals surface area contributed by atoms with Crippen molar-refractivity contribution in [1.82, 2.24) is 5.32 Å². The first kappa shape index (κ1) is 18.0. The van der Waals surface area contributed by atoms with Crippen LogP contribution in [0.1, 0.15) is 27.4 Å². The van der Waals surface area contributed by atoms with Crippen molar-refractivity contribution in [3.63, 3.8) is 0 Å². The second-order valence-corrected chi connectivity index (χ2v) is 6.54. The molecule has 3 aromatic rings. The molecule has 3 heteroatoms. The third-order valence-corrected chi connectivity index (χ3v) is 4.65. The number of nitrogens with one attached hydrogen (secondary N) is 1. The maximum absolute atomic E-state index is 13.1. The Labute approximate surface area is 159 Å². The van der Waals surface area contributed by atoms with Crippen molar-refractivity contribution in [3.05, 3.63) is 108 Å². The molecule has 0 aliphatic heterocycles. The molecule has 0 saturated heterocycles. The predicted molar refractivity (Wildman–Crippen MR) is 111 cm³/mol. The molecule has 26 heavy (non-hydrogen) atoms. The van der Waals surface area contributed by atoms with Crippen molar-refractivity contribution in [2.75, 3.05) is 6.54 Å². The summed E-state index contributed by atoms with van der Waals surface area (Å²) in [5.41, 5.74) is 2.83. The Morgan fingerprint density at radius 3 is 1.96 bits per heavy atom. The van der Waals surface area contributed by atoms with Gasteiger partial charge in [-0.15, -0.1) is 0 Å². The minimum absolute atomic E-state index is 0.0222. The molecule has 1 atom stereocenters. The van der Waals surface area contributed by atoms with Gasteiger partial charge in [0.05, 0.1) is 10.9 Å². The van der Waals surface area contributed by atoms with E-state index >= 15 is 0 Å². The van der Waals surface area contributed by atoms with Crippen LogP contribution in [-0.2, 0) is 6.42 Å². The number of ketones is 1. The van der Waals surface area contributed by atoms with Gasteiger partial charge in [-0.2, -0.15) is 0 Å². The summed E-state index contributed by atoms with van der Waals surface area (Å²) in [4.78, 5) is 13.7. The number of carbonyl (C=O) groups is 1. The number of benzene rings is 3. The van der Waals surface area contributed by atoms with E-state index in [9.17, 15) is 4.79 Å². The first-order chi connectivity index (χ1) is 12.8. The molecule has 0 aliphatic rings. The molecule has 3 rings (SSSR count). The minimum Gasteiger partial charge on any atom is -0.378 e. The summed E-state index contributed by atoms with van der Waals surface area (Å²) in [6.07, 6.45) is 0.863. The van der Waals surface area contributed by atoms with Crippen molar-refractivity contribution in [2.24, 2.45) is 0 Å². The van der Waals surface area contributed by atoms with Crippen LogP contribution in [0, 0.1) is 0 Å². The lowest BCUT2D eigenvalue weighted by molar-refractivity contribution is 0.0982. The lowest BCUT2D eigenvalue weighted by Crippen LogP contribution is -2.33. The predicted octanol–water partition coefficient (Wildman–Crippen LogP) is 4.81. The number of rotatable bonds is 7. The maximum Gasteiger partial charge on any atom is 0.177 e. The van der Waals surface area contributed by atoms with Crippen LogP contribution < -0.4 is 5.32 Å². The van der Waals surface area contributed by atoms with Gasteiger partial charge in [0.25, 0.3) is 0 Å². The van der Waals surface area contributed by atoms with E-state index in [4.69, 9.17) is 12.2 Å². The second-order valence-electron chi connectivity index (χ2n) is 6.10. The lowest BCUT2D eigenvalue weighted by Gasteiger charge is -2.19. The van der Waals surface area contributed by atoms with Crippen LogP contribution in [0.4, 0.5) is 0 Å². The number of hydrogen-bond acceptors (Lipinski definition) is 2. The van der Waals surface area contributed by atoms with Crippen LogP contribution in [-0.4, -0.2) is 17.3 Å². The van der Waals surface area contributed by atoms with Gasteiger partial charge in [-0.05, 0) is 17.5 Å². The number of thiocarbonyl (C=S) groups is 1. The molecule has 0 spiro atoms. The highest BCUT2D eigenvalue weighted by atomic mass is 32.1. The molecule has 0 amide bonds. The lowest BCUT2D eigenvalue weighted by atomic mass is 9.90. The zero-order valence-electron chi connectivity index (χ0n) is 14.5. The van der Waals surface area contributed by atoms with Crippen LogP contribution >= 0.6 is 12.2 Å². The highest BCUT2D eigenvalue weighted by Crippen LogP contribution is 2.22. The largest absolute Gasteiger partial charge is 0.378 e. The zero-order valence-corrected chi connectivity index (χ0v) is 15.3. The highest BCUT2D eigenvalue weighted by molar-refractivity contribution is 7.80. The number of Topliss-reactive ketones (excluding diaryl/α,β-unsaturated/α-hetero) is 1. The number of hydrogen-bond donors (Lipinski definition) is 1. The van der Waals surface area contributed by atoms with Gasteiger partial charge >= 0.3 is 0 Å². The molecule has 0 radical (unpaired) electrons. The first-order valence-electron chi connectivity index (χ1n) is 8.71. The van der Waals surface area contributed by atoms with E-state index in [1.165, 1.54) is 5.56 Å². The third-order valence-electron chi connectivity index (χ3n) is 4.27. The molecule has 2 nitrogen and oxygen atoms in total. The van der Waals surface area contributed by atoms with Crippen molar-refractivity contribution >= 4 is 23.0 Å². The van der Waals surface area contributed by atoms with E-state index in [-0.39, 0.29) is 5.78 Å². The second kappa shape index (κ2) is 9.07. The van der Waals surface area contributed by atoms with Crippen molar-refractivity contribution in [2.45, 2.75) is 12.3 Å². The van der Waals surface area contributed by atoms with Crippen molar-refractivity contribution in [1.29, 1.82) is 0 Å². The van der Waals surface area contributed by atoms with E-state index in [1.807, 2.05) is 78.9 Å². The normalized spacial score (nSPS) is 11.5. The Hall–Kier alpha value is -2.78. The van der Waals surface area contributed by atoms with Gasteiger partial charge in [-0.25, -0.2) is 0 Å². The van der Waals surface area contributed by atoms with E-state index in [0.717, 1.165) is 12.0 Å². The summed E-state index contributed by atoms with van der Waals surface area (Å²) < 4.78 is 0. The van der Waals surface area contributed by atoms with E-state index in [1.54, 1.807) is 0 Å². The summed E-state index contributed by atoms with van der Waals surface area (Å²) >= 11 is 5.62. The summed E-state index contributed by atoms with van der Waals surface area (Å²) in [7, 11) is 0. The SMILES string of the molecule is O=C(c1ccccc1)C(C(=S)NCCc1ccccc1)c1ccccc1. The van der Waals surface area contributed by atoms with Gasteiger partial charge in [0.1, 0.15) is 0 Å². The fraction of sp³-hybridized carbons (Fsp3) is 0.130. The molecule has 0 saturated carbocycles. The van der Waals surface area contributed by atoms with Crippen LogP contribution in [0.25, 0.3) is 0 Å². The van der Waals surface area contributed by atoms with E-state index < -0.39 is 5.92 Å². The van der Waals surface area contributed by atoms with Crippen LogP contribution in [0.2, 0.25) is 0 Å². The first-order valence-corrected chi connectivity index (χ1v) is 9.12. The summed E-state index contributed by atoms with van der Waals surface area (Å²) in [6, 6.07) is 29.3. The molecule has 130 valence electrons. The van der Waals surface area contributed by atoms with Gasteiger partial charge in [0, 0.05) is 12.1 Å². The zero-order chi connectivity index (χ0) is 18.2. The topological polar surface area (TPSA) is 29.1 Å².